The SMILES string of the molecule is CC[C@@H](O)C(=O)SCCNC(=O)CCNC(=O)[C@H](O)C(C)(C)COP(=O)([O-])OP(=O)([O-])OC[C@H]1O[C@@H](n2cnc3c(N)ncnc32)[C@H](O)[C@@H]1OP(=O)([O-])[O-]. The Bertz CT molecular complexity index is 1780. The molecule has 7 N–H and O–H groups in total. The molecule has 8 atom stereocenters. The monoisotopic (exact) mass is 849 g/mol. The zero-order chi connectivity index (χ0) is 40.6. The number of aromatic nitrogens is 4. The van der Waals surface area contributed by atoms with Gasteiger partial charge < -0.3 is 74.1 Å². The van der Waals surface area contributed by atoms with E-state index in [-0.39, 0.29) is 48.7 Å². The van der Waals surface area contributed by atoms with E-state index in [1.165, 1.54) is 13.8 Å². The highest BCUT2D eigenvalue weighted by molar-refractivity contribution is 8.13. The smallest absolute Gasteiger partial charge is 0.274 e. The van der Waals surface area contributed by atoms with Crippen LogP contribution in [0.15, 0.2) is 12.7 Å². The van der Waals surface area contributed by atoms with Crippen molar-refractivity contribution in [2.45, 2.75) is 70.4 Å². The van der Waals surface area contributed by atoms with E-state index >= 15 is 0 Å². The molecule has 2 aromatic heterocycles. The van der Waals surface area contributed by atoms with E-state index in [1.807, 2.05) is 0 Å². The van der Waals surface area contributed by atoms with E-state index < -0.39 is 95.8 Å². The minimum absolute atomic E-state index is 0.0264. The van der Waals surface area contributed by atoms with Crippen molar-refractivity contribution in [2.75, 3.05) is 37.8 Å². The number of imidazole rings is 1. The van der Waals surface area contributed by atoms with E-state index in [1.54, 1.807) is 6.92 Å². The highest BCUT2D eigenvalue weighted by Crippen LogP contribution is 2.56. The number of nitrogens with two attached hydrogens (primary N) is 1. The van der Waals surface area contributed by atoms with E-state index in [2.05, 4.69) is 43.5 Å². The van der Waals surface area contributed by atoms with Crippen molar-refractivity contribution in [2.24, 2.45) is 5.41 Å². The number of phosphoric acid groups is 3. The first kappa shape index (κ1) is 45.9. The third kappa shape index (κ3) is 13.3. The van der Waals surface area contributed by atoms with Gasteiger partial charge in [0.15, 0.2) is 17.7 Å². The second-order valence-corrected chi connectivity index (χ2v) is 17.2. The number of ether oxygens (including phenoxy) is 1. The number of hydrogen-bond acceptors (Lipinski definition) is 23. The number of carbonyl (C=O) groups excluding carboxylic acids is 3. The average Bonchev–Trinajstić information content (AvgIpc) is 3.64. The van der Waals surface area contributed by atoms with Crippen LogP contribution < -0.4 is 35.9 Å². The fourth-order valence-electron chi connectivity index (χ4n) is 4.52. The molecule has 2 amide bonds. The molecule has 1 aliphatic heterocycles. The number of aliphatic hydroxyl groups excluding tert-OH is 3. The van der Waals surface area contributed by atoms with Crippen LogP contribution in [0.4, 0.5) is 5.82 Å². The molecule has 0 radical (unpaired) electrons. The fraction of sp³-hybridized carbons (Fsp3) is 0.680. The van der Waals surface area contributed by atoms with Gasteiger partial charge in [-0.25, -0.2) is 19.3 Å². The molecule has 54 heavy (non-hydrogen) atoms. The third-order valence-corrected chi connectivity index (χ3v) is 11.4. The number of nitrogens with one attached hydrogen (secondary N) is 2. The van der Waals surface area contributed by atoms with E-state index in [4.69, 9.17) is 10.5 Å². The van der Waals surface area contributed by atoms with Crippen LogP contribution in [-0.4, -0.2) is 114 Å². The van der Waals surface area contributed by atoms with Gasteiger partial charge in [0, 0.05) is 30.7 Å². The second kappa shape index (κ2) is 19.1. The van der Waals surface area contributed by atoms with Crippen LogP contribution in [0.2, 0.25) is 0 Å². The number of nitrogens with zero attached hydrogens (tertiary/aromatic N) is 4. The highest BCUT2D eigenvalue weighted by Gasteiger charge is 2.47. The third-order valence-electron chi connectivity index (χ3n) is 7.38. The molecule has 0 spiro atoms. The minimum atomic E-state index is -5.92. The first-order valence-corrected chi connectivity index (χ1v) is 21.0. The maximum atomic E-state index is 12.5. The van der Waals surface area contributed by atoms with E-state index in [0.29, 0.717) is 0 Å². The summed E-state index contributed by atoms with van der Waals surface area (Å²) < 4.78 is 60.3. The van der Waals surface area contributed by atoms with Crippen molar-refractivity contribution in [3.05, 3.63) is 12.7 Å². The van der Waals surface area contributed by atoms with Crippen molar-refractivity contribution in [1.82, 2.24) is 30.2 Å². The Morgan fingerprint density at radius 2 is 1.74 bits per heavy atom. The van der Waals surface area contributed by atoms with Crippen LogP contribution in [0, 0.1) is 5.41 Å². The maximum absolute atomic E-state index is 12.5. The molecule has 3 rings (SSSR count). The average molecular weight is 850 g/mol. The summed E-state index contributed by atoms with van der Waals surface area (Å²) in [6.07, 6.45) is -8.53. The number of phosphoric ester groups is 3. The number of amides is 2. The van der Waals surface area contributed by atoms with Gasteiger partial charge in [0.2, 0.25) is 16.9 Å². The fourth-order valence-corrected chi connectivity index (χ4v) is 8.02. The molecule has 25 nitrogen and oxygen atoms in total. The predicted molar refractivity (Wildman–Crippen MR) is 175 cm³/mol. The molecule has 3 heterocycles. The Morgan fingerprint density at radius 3 is 2.39 bits per heavy atom. The Kier molecular flexibility index (Phi) is 16.2. The van der Waals surface area contributed by atoms with Crippen LogP contribution in [0.1, 0.15) is 39.8 Å². The van der Waals surface area contributed by atoms with Gasteiger partial charge in [0.25, 0.3) is 15.6 Å². The zero-order valence-corrected chi connectivity index (χ0v) is 32.1. The molecule has 29 heteroatoms. The summed E-state index contributed by atoms with van der Waals surface area (Å²) in [6, 6.07) is 0. The van der Waals surface area contributed by atoms with Gasteiger partial charge in [-0.05, 0) is 6.42 Å². The van der Waals surface area contributed by atoms with Crippen molar-refractivity contribution < 1.29 is 85.6 Å². The van der Waals surface area contributed by atoms with Crippen molar-refractivity contribution in [3.8, 4) is 0 Å². The molecule has 2 unspecified atom stereocenters. The number of aliphatic hydroxyl groups is 3. The Morgan fingerprint density at radius 1 is 1.07 bits per heavy atom. The number of anilines is 1. The predicted octanol–water partition coefficient (Wildman–Crippen LogP) is -4.09. The number of rotatable bonds is 21. The van der Waals surface area contributed by atoms with Crippen LogP contribution in [0.5, 0.6) is 0 Å². The Labute approximate surface area is 310 Å². The number of fused-ring (bicyclic) bond motifs is 1. The maximum Gasteiger partial charge on any atom is 0.274 e. The molecule has 0 aliphatic carbocycles. The van der Waals surface area contributed by atoms with Gasteiger partial charge in [-0.3, -0.25) is 28.1 Å². The number of thioether (sulfide) groups is 1. The summed E-state index contributed by atoms with van der Waals surface area (Å²) in [6.45, 7) is 1.55. The van der Waals surface area contributed by atoms with E-state index in [0.717, 1.165) is 29.0 Å². The van der Waals surface area contributed by atoms with Gasteiger partial charge in [0.1, 0.15) is 42.4 Å². The minimum Gasteiger partial charge on any atom is -0.790 e. The van der Waals surface area contributed by atoms with Gasteiger partial charge in [-0.15, -0.1) is 0 Å². The molecule has 0 bridgehead atoms. The van der Waals surface area contributed by atoms with E-state index in [9.17, 15) is 63.0 Å². The van der Waals surface area contributed by atoms with Crippen LogP contribution in [0.3, 0.4) is 0 Å². The van der Waals surface area contributed by atoms with Gasteiger partial charge in [0.05, 0.1) is 27.4 Å². The quantitative estimate of drug-likeness (QED) is 0.0513. The summed E-state index contributed by atoms with van der Waals surface area (Å²) in [5, 5.41) is 35.0. The second-order valence-electron chi connectivity index (χ2n) is 12.1. The summed E-state index contributed by atoms with van der Waals surface area (Å²) in [4.78, 5) is 95.3. The molecule has 1 saturated heterocycles. The van der Waals surface area contributed by atoms with Crippen LogP contribution >= 0.6 is 35.2 Å². The standard InChI is InChI=1S/C25H42N7O18P3S/c1-4-13(33)24(38)54-8-7-27-15(34)5-6-28-22(37)19(36)25(2,3)10-47-53(44,45)50-52(42,43)46-9-14-18(49-51(39,40)41)17(35)23(48-14)32-12-31-16-20(26)29-11-30-21(16)32/h11-14,17-19,23,33,35-36H,4-10H2,1-3H3,(H,27,34)(H,28,37)(H,42,43)(H,44,45)(H2,26,29,30)(H2,39,40,41)/p-4/t13-,14-,17-,18-,19+,23-/m1/s1. The normalized spacial score (nSPS) is 22.6. The number of hydrogen-bond donors (Lipinski definition) is 6. The molecule has 1 fully saturated rings. The molecular formula is C25H38N7O18P3S-4. The van der Waals surface area contributed by atoms with Gasteiger partial charge in [-0.2, -0.15) is 0 Å². The summed E-state index contributed by atoms with van der Waals surface area (Å²) in [7, 11) is -17.6. The summed E-state index contributed by atoms with van der Waals surface area (Å²) in [5.74, 6) is -1.43. The van der Waals surface area contributed by atoms with Crippen molar-refractivity contribution in [3.63, 3.8) is 0 Å². The van der Waals surface area contributed by atoms with Crippen LogP contribution in [0.25, 0.3) is 11.2 Å². The van der Waals surface area contributed by atoms with Gasteiger partial charge in [-0.1, -0.05) is 32.5 Å². The first-order chi connectivity index (χ1) is 25.0. The van der Waals surface area contributed by atoms with Crippen LogP contribution in [-0.2, 0) is 50.7 Å². The lowest BCUT2D eigenvalue weighted by molar-refractivity contribution is -0.347. The Hall–Kier alpha value is -2.48. The lowest BCUT2D eigenvalue weighted by Gasteiger charge is -2.36. The topological polar surface area (TPSA) is 395 Å². The molecule has 0 aromatic carbocycles. The highest BCUT2D eigenvalue weighted by atomic mass is 32.2. The molecule has 306 valence electrons. The lowest BCUT2D eigenvalue weighted by atomic mass is 9.87. The molecule has 2 aromatic rings. The number of nitrogen functional groups attached to an aromatic ring is 1. The molecule has 1 aliphatic rings. The number of carbonyl (C=O) groups is 3. The zero-order valence-electron chi connectivity index (χ0n) is 28.7. The molecule has 0 saturated carbocycles. The van der Waals surface area contributed by atoms with Crippen molar-refractivity contribution >= 4 is 69.1 Å². The first-order valence-electron chi connectivity index (χ1n) is 15.6. The summed E-state index contributed by atoms with van der Waals surface area (Å²) >= 11 is 0.841. The van der Waals surface area contributed by atoms with Gasteiger partial charge >= 0.3 is 0 Å². The Balaban J connectivity index is 1.51. The molecular weight excluding hydrogens is 811 g/mol. The van der Waals surface area contributed by atoms with Crippen molar-refractivity contribution in [1.29, 1.82) is 0 Å². The summed E-state index contributed by atoms with van der Waals surface area (Å²) in [5.41, 5.74) is 4.03. The largest absolute Gasteiger partial charge is 0.790 e. The lowest BCUT2D eigenvalue weighted by Crippen LogP contribution is -2.46.